The molecule has 3 aromatic carbocycles. The predicted molar refractivity (Wildman–Crippen MR) is 127 cm³/mol. The van der Waals surface area contributed by atoms with Crippen LogP contribution in [-0.2, 0) is 9.53 Å². The van der Waals surface area contributed by atoms with Crippen LogP contribution in [0.3, 0.4) is 0 Å². The Balaban J connectivity index is 1.51. The molecule has 1 N–H and O–H groups in total. The van der Waals surface area contributed by atoms with Crippen molar-refractivity contribution in [3.8, 4) is 16.9 Å². The molecule has 0 aliphatic heterocycles. The first kappa shape index (κ1) is 23.4. The van der Waals surface area contributed by atoms with E-state index < -0.39 is 30.1 Å². The fraction of sp³-hybridized carbons (Fsp3) is 0.286. The number of nitrogens with one attached hydrogen (secondary N) is 1. The lowest BCUT2D eigenvalue weighted by molar-refractivity contribution is -0.306. The number of hydrogen-bond acceptors (Lipinski definition) is 5. The third-order valence-electron chi connectivity index (χ3n) is 5.72. The molecule has 0 saturated carbocycles. The summed E-state index contributed by atoms with van der Waals surface area (Å²) in [4.78, 5) is 24.3. The molecule has 1 aliphatic carbocycles. The van der Waals surface area contributed by atoms with Crippen molar-refractivity contribution in [2.45, 2.75) is 44.8 Å². The zero-order chi connectivity index (χ0) is 24.3. The number of benzene rings is 3. The highest BCUT2D eigenvalue weighted by molar-refractivity contribution is 5.79. The molecule has 0 heterocycles. The number of fused-ring (bicyclic) bond motifs is 3. The highest BCUT2D eigenvalue weighted by Gasteiger charge is 2.29. The van der Waals surface area contributed by atoms with Crippen molar-refractivity contribution in [2.24, 2.45) is 0 Å². The maximum Gasteiger partial charge on any atom is 0.407 e. The monoisotopic (exact) mass is 458 g/mol. The number of rotatable bonds is 7. The van der Waals surface area contributed by atoms with Gasteiger partial charge in [-0.2, -0.15) is 0 Å². The summed E-state index contributed by atoms with van der Waals surface area (Å²) in [6.07, 6.45) is -1.10. The maximum atomic E-state index is 12.8. The molecular formula is C28H28NO5-. The molecule has 1 aliphatic rings. The predicted octanol–water partition coefficient (Wildman–Crippen LogP) is 4.58. The number of hydrogen-bond donors (Lipinski definition) is 1. The first-order valence-corrected chi connectivity index (χ1v) is 11.3. The average molecular weight is 459 g/mol. The van der Waals surface area contributed by atoms with Gasteiger partial charge in [-0.05, 0) is 49.1 Å². The molecule has 3 aromatic rings. The van der Waals surface area contributed by atoms with Gasteiger partial charge in [-0.15, -0.1) is 0 Å². The summed E-state index contributed by atoms with van der Waals surface area (Å²) in [7, 11) is 0. The van der Waals surface area contributed by atoms with E-state index >= 15 is 0 Å². The summed E-state index contributed by atoms with van der Waals surface area (Å²) in [6, 6.07) is 22.3. The second-order valence-corrected chi connectivity index (χ2v) is 9.35. The number of alkyl carbamates (subject to hydrolysis) is 1. The average Bonchev–Trinajstić information content (AvgIpc) is 3.10. The van der Waals surface area contributed by atoms with E-state index in [4.69, 9.17) is 9.47 Å². The molecule has 0 fully saturated rings. The second-order valence-electron chi connectivity index (χ2n) is 9.35. The van der Waals surface area contributed by atoms with E-state index in [0.29, 0.717) is 11.3 Å². The Hall–Kier alpha value is -3.80. The summed E-state index contributed by atoms with van der Waals surface area (Å²) in [5.74, 6) is -0.871. The molecule has 1 amide bonds. The Morgan fingerprint density at radius 1 is 0.912 bits per heavy atom. The molecule has 6 nitrogen and oxygen atoms in total. The van der Waals surface area contributed by atoms with Crippen LogP contribution in [0.4, 0.5) is 4.79 Å². The molecule has 34 heavy (non-hydrogen) atoms. The standard InChI is InChI=1S/C28H29NO5/c1-28(2,3)34-25-15-9-8-14-22(25)24(16-26(30)31)29-27(32)33-17-23-20-12-6-4-10-18(20)19-11-5-7-13-21(19)23/h4-15,23-24H,16-17H2,1-3H3,(H,29,32)(H,30,31)/p-1/t24-/m0/s1. The van der Waals surface area contributed by atoms with Crippen LogP contribution in [0.15, 0.2) is 72.8 Å². The third-order valence-corrected chi connectivity index (χ3v) is 5.72. The molecule has 1 atom stereocenters. The van der Waals surface area contributed by atoms with E-state index in [2.05, 4.69) is 17.4 Å². The van der Waals surface area contributed by atoms with E-state index in [1.54, 1.807) is 24.3 Å². The quantitative estimate of drug-likeness (QED) is 0.560. The number of carboxylic acid groups (broad SMARTS) is 1. The van der Waals surface area contributed by atoms with Crippen molar-refractivity contribution in [3.63, 3.8) is 0 Å². The Morgan fingerprint density at radius 2 is 1.47 bits per heavy atom. The van der Waals surface area contributed by atoms with Crippen LogP contribution in [0, 0.1) is 0 Å². The van der Waals surface area contributed by atoms with Gasteiger partial charge >= 0.3 is 6.09 Å². The fourth-order valence-corrected chi connectivity index (χ4v) is 4.38. The van der Waals surface area contributed by atoms with Gasteiger partial charge in [0.2, 0.25) is 0 Å². The van der Waals surface area contributed by atoms with E-state index in [1.807, 2.05) is 57.2 Å². The molecular weight excluding hydrogens is 430 g/mol. The number of amides is 1. The Bertz CT molecular complexity index is 1150. The lowest BCUT2D eigenvalue weighted by atomic mass is 9.98. The lowest BCUT2D eigenvalue weighted by Crippen LogP contribution is -2.35. The molecule has 4 rings (SSSR count). The largest absolute Gasteiger partial charge is 0.550 e. The first-order valence-electron chi connectivity index (χ1n) is 11.3. The third kappa shape index (κ3) is 5.22. The zero-order valence-corrected chi connectivity index (χ0v) is 19.5. The lowest BCUT2D eigenvalue weighted by Gasteiger charge is -2.27. The number of aliphatic carboxylic acids is 1. The summed E-state index contributed by atoms with van der Waals surface area (Å²) >= 11 is 0. The van der Waals surface area contributed by atoms with Crippen molar-refractivity contribution in [3.05, 3.63) is 89.5 Å². The van der Waals surface area contributed by atoms with Crippen molar-refractivity contribution < 1.29 is 24.2 Å². The van der Waals surface area contributed by atoms with Crippen molar-refractivity contribution in [1.29, 1.82) is 0 Å². The molecule has 176 valence electrons. The second kappa shape index (κ2) is 9.59. The van der Waals surface area contributed by atoms with Gasteiger partial charge in [-0.1, -0.05) is 66.7 Å². The summed E-state index contributed by atoms with van der Waals surface area (Å²) in [5, 5.41) is 14.2. The van der Waals surface area contributed by atoms with Crippen LogP contribution in [0.1, 0.15) is 55.8 Å². The normalized spacial score (nSPS) is 13.5. The molecule has 0 spiro atoms. The van der Waals surface area contributed by atoms with Gasteiger partial charge in [-0.3, -0.25) is 0 Å². The SMILES string of the molecule is CC(C)(C)Oc1ccccc1[C@H](CC(=O)[O-])NC(=O)OCC1c2ccccc2-c2ccccc21. The van der Waals surface area contributed by atoms with Gasteiger partial charge in [0.1, 0.15) is 18.0 Å². The number of carboxylic acids is 1. The minimum absolute atomic E-state index is 0.0887. The number of carbonyl (C=O) groups is 2. The Morgan fingerprint density at radius 3 is 2.06 bits per heavy atom. The molecule has 0 radical (unpaired) electrons. The first-order chi connectivity index (χ1) is 16.2. The van der Waals surface area contributed by atoms with Gasteiger partial charge in [-0.25, -0.2) is 4.79 Å². The van der Waals surface area contributed by atoms with E-state index in [1.165, 1.54) is 0 Å². The molecule has 0 unspecified atom stereocenters. The van der Waals surface area contributed by atoms with Crippen molar-refractivity contribution in [2.75, 3.05) is 6.61 Å². The van der Waals surface area contributed by atoms with E-state index in [9.17, 15) is 14.7 Å². The van der Waals surface area contributed by atoms with E-state index in [-0.39, 0.29) is 12.5 Å². The number of ether oxygens (including phenoxy) is 2. The fourth-order valence-electron chi connectivity index (χ4n) is 4.38. The van der Waals surface area contributed by atoms with Crippen LogP contribution in [0.2, 0.25) is 0 Å². The van der Waals surface area contributed by atoms with Crippen LogP contribution in [0.5, 0.6) is 5.75 Å². The van der Waals surface area contributed by atoms with Gasteiger partial charge in [0.05, 0.1) is 6.04 Å². The van der Waals surface area contributed by atoms with E-state index in [0.717, 1.165) is 22.3 Å². The smallest absolute Gasteiger partial charge is 0.407 e. The topological polar surface area (TPSA) is 87.7 Å². The zero-order valence-electron chi connectivity index (χ0n) is 19.5. The molecule has 0 saturated heterocycles. The highest BCUT2D eigenvalue weighted by Crippen LogP contribution is 2.44. The molecule has 6 heteroatoms. The van der Waals surface area contributed by atoms with Gasteiger partial charge < -0.3 is 24.7 Å². The summed E-state index contributed by atoms with van der Waals surface area (Å²) < 4.78 is 11.6. The van der Waals surface area contributed by atoms with Gasteiger partial charge in [0.15, 0.2) is 0 Å². The summed E-state index contributed by atoms with van der Waals surface area (Å²) in [6.45, 7) is 5.83. The minimum atomic E-state index is -1.28. The number of para-hydroxylation sites is 1. The number of carbonyl (C=O) groups excluding carboxylic acids is 2. The van der Waals surface area contributed by atoms with Crippen LogP contribution >= 0.6 is 0 Å². The van der Waals surface area contributed by atoms with Crippen molar-refractivity contribution >= 4 is 12.1 Å². The Kier molecular flexibility index (Phi) is 6.59. The van der Waals surface area contributed by atoms with Gasteiger partial charge in [0, 0.05) is 23.9 Å². The van der Waals surface area contributed by atoms with Crippen LogP contribution < -0.4 is 15.2 Å². The minimum Gasteiger partial charge on any atom is -0.550 e. The molecule has 0 bridgehead atoms. The Labute approximate surface area is 199 Å². The highest BCUT2D eigenvalue weighted by atomic mass is 16.5. The van der Waals surface area contributed by atoms with Crippen molar-refractivity contribution in [1.82, 2.24) is 5.32 Å². The van der Waals surface area contributed by atoms with Gasteiger partial charge in [0.25, 0.3) is 0 Å². The van der Waals surface area contributed by atoms with Crippen LogP contribution in [0.25, 0.3) is 11.1 Å². The molecule has 0 aromatic heterocycles. The maximum absolute atomic E-state index is 12.8. The van der Waals surface area contributed by atoms with Crippen LogP contribution in [-0.4, -0.2) is 24.3 Å². The summed E-state index contributed by atoms with van der Waals surface area (Å²) in [5.41, 5.74) is 4.53.